The maximum Gasteiger partial charge on any atom is 0.290 e. The summed E-state index contributed by atoms with van der Waals surface area (Å²) in [5.74, 6) is -0.253. The molecule has 0 aliphatic carbocycles. The molecule has 2 aliphatic heterocycles. The second-order valence-electron chi connectivity index (χ2n) is 6.51. The number of ether oxygens (including phenoxy) is 1. The van der Waals surface area contributed by atoms with Crippen LogP contribution in [0.4, 0.5) is 0 Å². The summed E-state index contributed by atoms with van der Waals surface area (Å²) >= 11 is 1.28. The molecule has 2 unspecified atom stereocenters. The molecule has 0 radical (unpaired) electrons. The summed E-state index contributed by atoms with van der Waals surface area (Å²) in [6, 6.07) is 6.24. The van der Waals surface area contributed by atoms with Crippen molar-refractivity contribution >= 4 is 23.0 Å². The van der Waals surface area contributed by atoms with Crippen molar-refractivity contribution in [2.75, 3.05) is 13.2 Å². The normalized spacial score (nSPS) is 23.3. The summed E-state index contributed by atoms with van der Waals surface area (Å²) in [7, 11) is 0. The zero-order chi connectivity index (χ0) is 18.3. The Morgan fingerprint density at radius 3 is 2.85 bits per heavy atom. The Balaban J connectivity index is 1.74. The Morgan fingerprint density at radius 1 is 1.38 bits per heavy atom. The van der Waals surface area contributed by atoms with Crippen LogP contribution in [0.1, 0.15) is 40.1 Å². The molecule has 0 aromatic carbocycles. The molecule has 4 rings (SSSR count). The number of carbonyl (C=O) groups is 2. The van der Waals surface area contributed by atoms with Crippen LogP contribution in [-0.4, -0.2) is 41.0 Å². The van der Waals surface area contributed by atoms with Gasteiger partial charge in [0.15, 0.2) is 5.76 Å². The fourth-order valence-electron chi connectivity index (χ4n) is 3.52. The van der Waals surface area contributed by atoms with Gasteiger partial charge in [0.2, 0.25) is 5.78 Å². The summed E-state index contributed by atoms with van der Waals surface area (Å²) in [5, 5.41) is 12.3. The first-order chi connectivity index (χ1) is 12.6. The summed E-state index contributed by atoms with van der Waals surface area (Å²) in [4.78, 5) is 27.7. The van der Waals surface area contributed by atoms with Crippen LogP contribution < -0.4 is 0 Å². The molecule has 6 nitrogen and oxygen atoms in total. The van der Waals surface area contributed by atoms with Gasteiger partial charge in [0, 0.05) is 13.2 Å². The molecular weight excluding hydrogens is 354 g/mol. The van der Waals surface area contributed by atoms with Crippen molar-refractivity contribution in [3.8, 4) is 0 Å². The van der Waals surface area contributed by atoms with Crippen LogP contribution in [-0.2, 0) is 9.53 Å². The molecule has 1 N–H and O–H groups in total. The third kappa shape index (κ3) is 2.87. The third-order valence-electron chi connectivity index (χ3n) is 4.75. The molecule has 0 bridgehead atoms. The number of nitrogens with zero attached hydrogens (tertiary/aromatic N) is 1. The van der Waals surface area contributed by atoms with E-state index in [4.69, 9.17) is 9.15 Å². The zero-order valence-electron chi connectivity index (χ0n) is 14.3. The first-order valence-corrected chi connectivity index (χ1v) is 9.44. The van der Waals surface area contributed by atoms with Crippen LogP contribution >= 0.6 is 11.3 Å². The standard InChI is InChI=1S/C19H19NO5S/c1-11-6-7-13(25-11)16-15(17(21)14-5-3-9-26-14)18(22)19(23)20(16)10-12-4-2-8-24-12/h3,5-7,9,12,16,22H,2,4,8,10H2,1H3. The summed E-state index contributed by atoms with van der Waals surface area (Å²) < 4.78 is 11.4. The van der Waals surface area contributed by atoms with E-state index in [0.717, 1.165) is 12.8 Å². The van der Waals surface area contributed by atoms with Crippen molar-refractivity contribution in [1.82, 2.24) is 4.90 Å². The van der Waals surface area contributed by atoms with Crippen LogP contribution in [0.15, 0.2) is 45.4 Å². The van der Waals surface area contributed by atoms with Crippen molar-refractivity contribution in [2.45, 2.75) is 31.9 Å². The van der Waals surface area contributed by atoms with Crippen LogP contribution in [0.25, 0.3) is 0 Å². The van der Waals surface area contributed by atoms with E-state index in [1.807, 2.05) is 0 Å². The second-order valence-corrected chi connectivity index (χ2v) is 7.46. The molecule has 0 spiro atoms. The highest BCUT2D eigenvalue weighted by Crippen LogP contribution is 2.40. The quantitative estimate of drug-likeness (QED) is 0.813. The molecule has 26 heavy (non-hydrogen) atoms. The van der Waals surface area contributed by atoms with Crippen LogP contribution in [0, 0.1) is 6.92 Å². The molecule has 1 fully saturated rings. The van der Waals surface area contributed by atoms with Crippen LogP contribution in [0.2, 0.25) is 0 Å². The van der Waals surface area contributed by atoms with E-state index < -0.39 is 17.7 Å². The van der Waals surface area contributed by atoms with Gasteiger partial charge in [0.1, 0.15) is 17.6 Å². The Labute approximate surface area is 154 Å². The first-order valence-electron chi connectivity index (χ1n) is 8.56. The van der Waals surface area contributed by atoms with Crippen LogP contribution in [0.5, 0.6) is 0 Å². The lowest BCUT2D eigenvalue weighted by molar-refractivity contribution is -0.131. The zero-order valence-corrected chi connectivity index (χ0v) is 15.1. The molecule has 1 amide bonds. The van der Waals surface area contributed by atoms with E-state index >= 15 is 0 Å². The van der Waals surface area contributed by atoms with Gasteiger partial charge in [-0.05, 0) is 43.3 Å². The average molecular weight is 373 g/mol. The highest BCUT2D eigenvalue weighted by Gasteiger charge is 2.46. The number of aliphatic hydroxyl groups is 1. The van der Waals surface area contributed by atoms with Gasteiger partial charge < -0.3 is 19.2 Å². The molecule has 2 aliphatic rings. The highest BCUT2D eigenvalue weighted by molar-refractivity contribution is 7.12. The number of aliphatic hydroxyl groups excluding tert-OH is 1. The minimum atomic E-state index is -0.741. The van der Waals surface area contributed by atoms with Crippen molar-refractivity contribution in [1.29, 1.82) is 0 Å². The predicted octanol–water partition coefficient (Wildman–Crippen LogP) is 3.41. The number of carbonyl (C=O) groups excluding carboxylic acids is 2. The number of hydrogen-bond acceptors (Lipinski definition) is 6. The lowest BCUT2D eigenvalue weighted by Crippen LogP contribution is -2.37. The van der Waals surface area contributed by atoms with E-state index in [1.54, 1.807) is 36.6 Å². The Hall–Kier alpha value is -2.38. The number of thiophene rings is 1. The topological polar surface area (TPSA) is 80.0 Å². The maximum atomic E-state index is 13.0. The molecule has 2 atom stereocenters. The molecule has 136 valence electrons. The molecule has 2 aromatic heterocycles. The predicted molar refractivity (Wildman–Crippen MR) is 95.2 cm³/mol. The fourth-order valence-corrected chi connectivity index (χ4v) is 4.20. The monoisotopic (exact) mass is 373 g/mol. The summed E-state index contributed by atoms with van der Waals surface area (Å²) in [6.07, 6.45) is 1.70. The van der Waals surface area contributed by atoms with Crippen molar-refractivity contribution in [3.63, 3.8) is 0 Å². The van der Waals surface area contributed by atoms with E-state index in [1.165, 1.54) is 16.2 Å². The lowest BCUT2D eigenvalue weighted by Gasteiger charge is -2.27. The Bertz CT molecular complexity index is 860. The number of aryl methyl sites for hydroxylation is 1. The molecule has 7 heteroatoms. The summed E-state index contributed by atoms with van der Waals surface area (Å²) in [5.41, 5.74) is 0.0739. The minimum absolute atomic E-state index is 0.0739. The molecular formula is C19H19NO5S. The number of furan rings is 1. The number of rotatable bonds is 5. The number of ketones is 1. The van der Waals surface area contributed by atoms with Crippen molar-refractivity contribution in [3.05, 3.63) is 57.4 Å². The smallest absolute Gasteiger partial charge is 0.290 e. The number of hydrogen-bond donors (Lipinski definition) is 1. The molecule has 4 heterocycles. The van der Waals surface area contributed by atoms with E-state index in [-0.39, 0.29) is 17.5 Å². The fraction of sp³-hybridized carbons (Fsp3) is 0.368. The van der Waals surface area contributed by atoms with Crippen molar-refractivity contribution in [2.24, 2.45) is 0 Å². The largest absolute Gasteiger partial charge is 0.503 e. The van der Waals surface area contributed by atoms with Gasteiger partial charge in [-0.2, -0.15) is 0 Å². The Kier molecular flexibility index (Phi) is 4.42. The molecule has 0 saturated carbocycles. The van der Waals surface area contributed by atoms with Gasteiger partial charge in [-0.1, -0.05) is 6.07 Å². The van der Waals surface area contributed by atoms with Gasteiger partial charge >= 0.3 is 0 Å². The number of Topliss-reactive ketones (excluding diaryl/α,β-unsaturated/α-hetero) is 1. The van der Waals surface area contributed by atoms with E-state index in [2.05, 4.69) is 0 Å². The second kappa shape index (κ2) is 6.74. The SMILES string of the molecule is Cc1ccc(C2C(C(=O)c3cccs3)=C(O)C(=O)N2CC2CCCO2)o1. The Morgan fingerprint density at radius 2 is 2.23 bits per heavy atom. The minimum Gasteiger partial charge on any atom is -0.503 e. The molecule has 1 saturated heterocycles. The maximum absolute atomic E-state index is 13.0. The first kappa shape index (κ1) is 17.1. The van der Waals surface area contributed by atoms with Gasteiger partial charge in [0.25, 0.3) is 5.91 Å². The van der Waals surface area contributed by atoms with Gasteiger partial charge in [-0.25, -0.2) is 0 Å². The van der Waals surface area contributed by atoms with E-state index in [0.29, 0.717) is 29.5 Å². The lowest BCUT2D eigenvalue weighted by atomic mass is 10.00. The van der Waals surface area contributed by atoms with E-state index in [9.17, 15) is 14.7 Å². The summed E-state index contributed by atoms with van der Waals surface area (Å²) in [6.45, 7) is 2.78. The third-order valence-corrected chi connectivity index (χ3v) is 5.62. The van der Waals surface area contributed by atoms with Gasteiger partial charge in [-0.15, -0.1) is 11.3 Å². The molecule has 2 aromatic rings. The average Bonchev–Trinajstić information content (AvgIpc) is 3.40. The number of amides is 1. The highest BCUT2D eigenvalue weighted by atomic mass is 32.1. The van der Waals surface area contributed by atoms with Crippen molar-refractivity contribution < 1.29 is 23.8 Å². The van der Waals surface area contributed by atoms with Crippen LogP contribution in [0.3, 0.4) is 0 Å². The van der Waals surface area contributed by atoms with Gasteiger partial charge in [0.05, 0.1) is 16.6 Å². The van der Waals surface area contributed by atoms with Gasteiger partial charge in [-0.3, -0.25) is 9.59 Å².